The van der Waals surface area contributed by atoms with Gasteiger partial charge in [-0.15, -0.1) is 12.6 Å². The van der Waals surface area contributed by atoms with Gasteiger partial charge < -0.3 is 10.8 Å². The number of nitrogens with zero attached hydrogens (tertiary/aromatic N) is 1. The highest BCUT2D eigenvalue weighted by Gasteiger charge is 2.08. The molecule has 1 aromatic carbocycles. The quantitative estimate of drug-likeness (QED) is 0.711. The number of hydrogen-bond donors (Lipinski definition) is 3. The fraction of sp³-hybridized carbons (Fsp3) is 0. The van der Waals surface area contributed by atoms with Crippen molar-refractivity contribution in [2.45, 2.75) is 4.90 Å². The van der Waals surface area contributed by atoms with Gasteiger partial charge in [-0.05, 0) is 24.3 Å². The molecule has 0 atom stereocenters. The fourth-order valence-electron chi connectivity index (χ4n) is 1.48. The summed E-state index contributed by atoms with van der Waals surface area (Å²) >= 11 is 4.28. The minimum absolute atomic E-state index is 0.208. The summed E-state index contributed by atoms with van der Waals surface area (Å²) in [4.78, 5) is 15.7. The van der Waals surface area contributed by atoms with E-state index in [1.54, 1.807) is 30.3 Å². The SMILES string of the molecule is Nc1ccc(S)c(-c2cccc(C(=O)O)c2)n1. The molecule has 1 heterocycles. The fourth-order valence-corrected chi connectivity index (χ4v) is 1.73. The van der Waals surface area contributed by atoms with Crippen LogP contribution in [-0.4, -0.2) is 16.1 Å². The van der Waals surface area contributed by atoms with Gasteiger partial charge in [-0.1, -0.05) is 12.1 Å². The van der Waals surface area contributed by atoms with Crippen molar-refractivity contribution >= 4 is 24.4 Å². The molecule has 0 aliphatic heterocycles. The van der Waals surface area contributed by atoms with Crippen molar-refractivity contribution in [2.24, 2.45) is 0 Å². The Hall–Kier alpha value is -2.01. The Morgan fingerprint density at radius 3 is 2.76 bits per heavy atom. The summed E-state index contributed by atoms with van der Waals surface area (Å²) in [6.07, 6.45) is 0. The molecular weight excluding hydrogens is 236 g/mol. The van der Waals surface area contributed by atoms with Gasteiger partial charge >= 0.3 is 5.97 Å². The van der Waals surface area contributed by atoms with E-state index in [1.807, 2.05) is 0 Å². The summed E-state index contributed by atoms with van der Waals surface area (Å²) in [5.41, 5.74) is 7.07. The Labute approximate surface area is 104 Å². The third-order valence-corrected chi connectivity index (χ3v) is 2.64. The molecule has 3 N–H and O–H groups in total. The van der Waals surface area contributed by atoms with Crippen molar-refractivity contribution in [2.75, 3.05) is 5.73 Å². The zero-order valence-corrected chi connectivity index (χ0v) is 9.69. The lowest BCUT2D eigenvalue weighted by Gasteiger charge is -2.06. The molecule has 0 aliphatic rings. The van der Waals surface area contributed by atoms with Crippen LogP contribution in [-0.2, 0) is 0 Å². The lowest BCUT2D eigenvalue weighted by molar-refractivity contribution is 0.0697. The number of carboxylic acids is 1. The number of aromatic carboxylic acids is 1. The average Bonchev–Trinajstić information content (AvgIpc) is 2.32. The molecule has 0 radical (unpaired) electrons. The molecule has 86 valence electrons. The molecule has 0 spiro atoms. The summed E-state index contributed by atoms with van der Waals surface area (Å²) in [6, 6.07) is 9.88. The van der Waals surface area contributed by atoms with Crippen LogP contribution in [0.25, 0.3) is 11.3 Å². The van der Waals surface area contributed by atoms with Crippen LogP contribution in [0.2, 0.25) is 0 Å². The smallest absolute Gasteiger partial charge is 0.335 e. The Bertz CT molecular complexity index is 584. The topological polar surface area (TPSA) is 76.2 Å². The summed E-state index contributed by atoms with van der Waals surface area (Å²) in [7, 11) is 0. The molecular formula is C12H10N2O2S. The first kappa shape index (κ1) is 11.5. The van der Waals surface area contributed by atoms with E-state index in [-0.39, 0.29) is 5.56 Å². The third-order valence-electron chi connectivity index (χ3n) is 2.28. The predicted octanol–water partition coefficient (Wildman–Crippen LogP) is 2.32. The van der Waals surface area contributed by atoms with Gasteiger partial charge in [0.05, 0.1) is 11.3 Å². The van der Waals surface area contributed by atoms with Gasteiger partial charge in [0.2, 0.25) is 0 Å². The maximum absolute atomic E-state index is 10.9. The monoisotopic (exact) mass is 246 g/mol. The number of anilines is 1. The number of nitrogens with two attached hydrogens (primary N) is 1. The van der Waals surface area contributed by atoms with Crippen LogP contribution < -0.4 is 5.73 Å². The second kappa shape index (κ2) is 4.47. The first-order valence-corrected chi connectivity index (χ1v) is 5.32. The molecule has 5 heteroatoms. The molecule has 2 rings (SSSR count). The van der Waals surface area contributed by atoms with Crippen LogP contribution in [0.4, 0.5) is 5.82 Å². The molecule has 0 bridgehead atoms. The van der Waals surface area contributed by atoms with Gasteiger partial charge in [-0.3, -0.25) is 0 Å². The Morgan fingerprint density at radius 2 is 2.06 bits per heavy atom. The van der Waals surface area contributed by atoms with Crippen LogP contribution in [0.5, 0.6) is 0 Å². The molecule has 0 saturated heterocycles. The minimum atomic E-state index is -0.975. The zero-order valence-electron chi connectivity index (χ0n) is 8.79. The van der Waals surface area contributed by atoms with Crippen molar-refractivity contribution in [3.63, 3.8) is 0 Å². The first-order chi connectivity index (χ1) is 8.08. The first-order valence-electron chi connectivity index (χ1n) is 4.87. The molecule has 0 aliphatic carbocycles. The van der Waals surface area contributed by atoms with E-state index in [4.69, 9.17) is 10.8 Å². The van der Waals surface area contributed by atoms with Crippen molar-refractivity contribution in [1.82, 2.24) is 4.98 Å². The third kappa shape index (κ3) is 2.39. The second-order valence-corrected chi connectivity index (χ2v) is 3.97. The number of hydrogen-bond acceptors (Lipinski definition) is 4. The van der Waals surface area contributed by atoms with Crippen LogP contribution in [0.15, 0.2) is 41.3 Å². The second-order valence-electron chi connectivity index (χ2n) is 3.49. The van der Waals surface area contributed by atoms with Crippen LogP contribution >= 0.6 is 12.6 Å². The van der Waals surface area contributed by atoms with Crippen LogP contribution in [0.3, 0.4) is 0 Å². The van der Waals surface area contributed by atoms with E-state index in [1.165, 1.54) is 6.07 Å². The van der Waals surface area contributed by atoms with Crippen molar-refractivity contribution in [3.8, 4) is 11.3 Å². The Balaban J connectivity index is 2.56. The number of aromatic nitrogens is 1. The van der Waals surface area contributed by atoms with Gasteiger partial charge in [0.25, 0.3) is 0 Å². The normalized spacial score (nSPS) is 10.2. The van der Waals surface area contributed by atoms with E-state index in [0.717, 1.165) is 0 Å². The molecule has 17 heavy (non-hydrogen) atoms. The zero-order chi connectivity index (χ0) is 12.4. The highest BCUT2D eigenvalue weighted by Crippen LogP contribution is 2.26. The van der Waals surface area contributed by atoms with Gasteiger partial charge in [-0.2, -0.15) is 0 Å². The predicted molar refractivity (Wildman–Crippen MR) is 68.3 cm³/mol. The van der Waals surface area contributed by atoms with E-state index in [2.05, 4.69) is 17.6 Å². The Kier molecular flexibility index (Phi) is 3.01. The van der Waals surface area contributed by atoms with Crippen molar-refractivity contribution in [1.29, 1.82) is 0 Å². The summed E-state index contributed by atoms with van der Waals surface area (Å²) in [5.74, 6) is -0.602. The number of carbonyl (C=O) groups is 1. The molecule has 0 fully saturated rings. The maximum Gasteiger partial charge on any atom is 0.335 e. The van der Waals surface area contributed by atoms with Crippen LogP contribution in [0, 0.1) is 0 Å². The van der Waals surface area contributed by atoms with Crippen molar-refractivity contribution < 1.29 is 9.90 Å². The van der Waals surface area contributed by atoms with E-state index < -0.39 is 5.97 Å². The lowest BCUT2D eigenvalue weighted by atomic mass is 10.1. The summed E-state index contributed by atoms with van der Waals surface area (Å²) in [5, 5.41) is 8.92. The highest BCUT2D eigenvalue weighted by atomic mass is 32.1. The van der Waals surface area contributed by atoms with Crippen LogP contribution in [0.1, 0.15) is 10.4 Å². The number of nitrogen functional groups attached to an aromatic ring is 1. The Morgan fingerprint density at radius 1 is 1.29 bits per heavy atom. The maximum atomic E-state index is 10.9. The summed E-state index contributed by atoms with van der Waals surface area (Å²) < 4.78 is 0. The minimum Gasteiger partial charge on any atom is -0.478 e. The summed E-state index contributed by atoms with van der Waals surface area (Å²) in [6.45, 7) is 0. The van der Waals surface area contributed by atoms with E-state index in [0.29, 0.717) is 22.0 Å². The molecule has 0 unspecified atom stereocenters. The molecule has 0 saturated carbocycles. The largest absolute Gasteiger partial charge is 0.478 e. The van der Waals surface area contributed by atoms with Gasteiger partial charge in [-0.25, -0.2) is 9.78 Å². The number of carboxylic acid groups (broad SMARTS) is 1. The number of rotatable bonds is 2. The number of benzene rings is 1. The molecule has 4 nitrogen and oxygen atoms in total. The molecule has 0 amide bonds. The molecule has 2 aromatic rings. The van der Waals surface area contributed by atoms with Gasteiger partial charge in [0, 0.05) is 10.5 Å². The van der Waals surface area contributed by atoms with E-state index in [9.17, 15) is 4.79 Å². The lowest BCUT2D eigenvalue weighted by Crippen LogP contribution is -1.97. The standard InChI is InChI=1S/C12H10N2O2S/c13-10-5-4-9(17)11(14-10)7-2-1-3-8(6-7)12(15)16/h1-6,17H,(H2,13,14)(H,15,16). The average molecular weight is 246 g/mol. The van der Waals surface area contributed by atoms with Crippen molar-refractivity contribution in [3.05, 3.63) is 42.0 Å². The number of pyridine rings is 1. The van der Waals surface area contributed by atoms with Gasteiger partial charge in [0.15, 0.2) is 0 Å². The van der Waals surface area contributed by atoms with E-state index >= 15 is 0 Å². The molecule has 1 aromatic heterocycles. The number of thiol groups is 1. The highest BCUT2D eigenvalue weighted by molar-refractivity contribution is 7.80. The van der Waals surface area contributed by atoms with Gasteiger partial charge in [0.1, 0.15) is 5.82 Å².